The van der Waals surface area contributed by atoms with Crippen LogP contribution in [0.5, 0.6) is 0 Å². The second-order valence-corrected chi connectivity index (χ2v) is 3.06. The Morgan fingerprint density at radius 2 is 1.92 bits per heavy atom. The van der Waals surface area contributed by atoms with Gasteiger partial charge < -0.3 is 5.11 Å². The number of aromatic carboxylic acids is 1. The molecule has 1 aromatic carbocycles. The minimum atomic E-state index is -0.888. The molecule has 68 valence electrons. The fourth-order valence-electron chi connectivity index (χ4n) is 1.33. The summed E-state index contributed by atoms with van der Waals surface area (Å²) in [6.07, 6.45) is 0. The fourth-order valence-corrected chi connectivity index (χ4v) is 1.33. The molecule has 0 saturated heterocycles. The van der Waals surface area contributed by atoms with E-state index in [1.54, 1.807) is 19.1 Å². The van der Waals surface area contributed by atoms with E-state index in [1.807, 2.05) is 13.0 Å². The van der Waals surface area contributed by atoms with Crippen molar-refractivity contribution in [3.8, 4) is 0 Å². The molecule has 0 atom stereocenters. The van der Waals surface area contributed by atoms with Gasteiger partial charge in [0.2, 0.25) is 0 Å². The summed E-state index contributed by atoms with van der Waals surface area (Å²) in [4.78, 5) is 10.8. The molecule has 0 bridgehead atoms. The Labute approximate surface area is 77.5 Å². The van der Waals surface area contributed by atoms with Gasteiger partial charge in [0, 0.05) is 0 Å². The van der Waals surface area contributed by atoms with E-state index in [0.717, 1.165) is 16.7 Å². The molecule has 1 N–H and O–H groups in total. The Balaban J connectivity index is 3.35. The molecule has 0 aromatic heterocycles. The lowest BCUT2D eigenvalue weighted by Gasteiger charge is -2.07. The summed E-state index contributed by atoms with van der Waals surface area (Å²) in [5, 5.41) is 8.84. The number of carboxylic acid groups (broad SMARTS) is 1. The molecule has 2 heteroatoms. The summed E-state index contributed by atoms with van der Waals surface area (Å²) in [5.41, 5.74) is 2.93. The fraction of sp³-hybridized carbons (Fsp3) is 0.182. The van der Waals surface area contributed by atoms with E-state index in [1.165, 1.54) is 0 Å². The van der Waals surface area contributed by atoms with Crippen molar-refractivity contribution in [3.05, 3.63) is 41.5 Å². The van der Waals surface area contributed by atoms with Gasteiger partial charge in [0.1, 0.15) is 0 Å². The molecular weight excluding hydrogens is 164 g/mol. The van der Waals surface area contributed by atoms with E-state index in [0.29, 0.717) is 5.56 Å². The van der Waals surface area contributed by atoms with Crippen molar-refractivity contribution < 1.29 is 9.90 Å². The third-order valence-electron chi connectivity index (χ3n) is 2.02. The number of hydrogen-bond acceptors (Lipinski definition) is 1. The number of hydrogen-bond donors (Lipinski definition) is 1. The van der Waals surface area contributed by atoms with Crippen LogP contribution in [0.15, 0.2) is 24.8 Å². The molecule has 0 amide bonds. The van der Waals surface area contributed by atoms with Gasteiger partial charge in [-0.15, -0.1) is 0 Å². The molecule has 0 aliphatic carbocycles. The number of benzene rings is 1. The molecule has 0 unspecified atom stereocenters. The lowest BCUT2D eigenvalue weighted by atomic mass is 9.98. The highest BCUT2D eigenvalue weighted by molar-refractivity contribution is 5.91. The number of rotatable bonds is 2. The third-order valence-corrected chi connectivity index (χ3v) is 2.02. The maximum atomic E-state index is 10.8. The van der Waals surface area contributed by atoms with Crippen LogP contribution in [-0.4, -0.2) is 11.1 Å². The van der Waals surface area contributed by atoms with Crippen LogP contribution in [0.1, 0.15) is 28.4 Å². The molecule has 0 saturated carbocycles. The number of carboxylic acids is 1. The van der Waals surface area contributed by atoms with Crippen LogP contribution >= 0.6 is 0 Å². The Hall–Kier alpha value is -1.57. The van der Waals surface area contributed by atoms with Gasteiger partial charge in [-0.1, -0.05) is 24.3 Å². The van der Waals surface area contributed by atoms with Crippen molar-refractivity contribution in [1.29, 1.82) is 0 Å². The molecule has 0 radical (unpaired) electrons. The summed E-state index contributed by atoms with van der Waals surface area (Å²) in [6, 6.07) is 5.22. The van der Waals surface area contributed by atoms with Gasteiger partial charge in [0.05, 0.1) is 5.56 Å². The van der Waals surface area contributed by atoms with Gasteiger partial charge in [-0.2, -0.15) is 0 Å². The predicted octanol–water partition coefficient (Wildman–Crippen LogP) is 2.73. The first-order valence-electron chi connectivity index (χ1n) is 4.03. The Morgan fingerprint density at radius 3 is 2.38 bits per heavy atom. The second kappa shape index (κ2) is 3.44. The molecule has 13 heavy (non-hydrogen) atoms. The first-order chi connectivity index (χ1) is 6.04. The zero-order valence-electron chi connectivity index (χ0n) is 7.79. The molecule has 1 aromatic rings. The van der Waals surface area contributed by atoms with Crippen LogP contribution in [-0.2, 0) is 0 Å². The topological polar surface area (TPSA) is 37.3 Å². The van der Waals surface area contributed by atoms with Crippen LogP contribution in [0.4, 0.5) is 0 Å². The minimum absolute atomic E-state index is 0.348. The van der Waals surface area contributed by atoms with Crippen molar-refractivity contribution in [2.24, 2.45) is 0 Å². The largest absolute Gasteiger partial charge is 0.478 e. The molecule has 0 fully saturated rings. The lowest BCUT2D eigenvalue weighted by Crippen LogP contribution is -2.01. The van der Waals surface area contributed by atoms with Gasteiger partial charge in [0.25, 0.3) is 0 Å². The van der Waals surface area contributed by atoms with Crippen molar-refractivity contribution in [3.63, 3.8) is 0 Å². The number of allylic oxidation sites excluding steroid dienone is 1. The highest BCUT2D eigenvalue weighted by Crippen LogP contribution is 2.19. The van der Waals surface area contributed by atoms with Crippen LogP contribution in [0.25, 0.3) is 5.57 Å². The normalized spacial score (nSPS) is 9.69. The molecular formula is C11H12O2. The van der Waals surface area contributed by atoms with E-state index in [4.69, 9.17) is 5.11 Å². The van der Waals surface area contributed by atoms with Gasteiger partial charge in [-0.25, -0.2) is 4.79 Å². The molecule has 2 nitrogen and oxygen atoms in total. The highest BCUT2D eigenvalue weighted by atomic mass is 16.4. The Morgan fingerprint density at radius 1 is 1.38 bits per heavy atom. The number of carbonyl (C=O) groups is 1. The molecule has 0 aliphatic rings. The van der Waals surface area contributed by atoms with E-state index in [2.05, 4.69) is 6.58 Å². The van der Waals surface area contributed by atoms with Crippen LogP contribution in [0.2, 0.25) is 0 Å². The smallest absolute Gasteiger partial charge is 0.335 e. The average molecular weight is 176 g/mol. The van der Waals surface area contributed by atoms with E-state index >= 15 is 0 Å². The van der Waals surface area contributed by atoms with Gasteiger partial charge in [-0.05, 0) is 31.0 Å². The lowest BCUT2D eigenvalue weighted by molar-refractivity contribution is 0.0696. The molecule has 0 spiro atoms. The molecule has 0 aliphatic heterocycles. The minimum Gasteiger partial charge on any atom is -0.478 e. The third kappa shape index (κ3) is 1.78. The molecule has 0 heterocycles. The maximum Gasteiger partial charge on any atom is 0.335 e. The first kappa shape index (κ1) is 9.52. The van der Waals surface area contributed by atoms with Crippen molar-refractivity contribution >= 4 is 11.5 Å². The highest BCUT2D eigenvalue weighted by Gasteiger charge is 2.09. The van der Waals surface area contributed by atoms with Gasteiger partial charge >= 0.3 is 5.97 Å². The van der Waals surface area contributed by atoms with E-state index < -0.39 is 5.97 Å². The summed E-state index contributed by atoms with van der Waals surface area (Å²) in [6.45, 7) is 7.46. The van der Waals surface area contributed by atoms with Crippen molar-refractivity contribution in [1.82, 2.24) is 0 Å². The summed E-state index contributed by atoms with van der Waals surface area (Å²) < 4.78 is 0. The van der Waals surface area contributed by atoms with Gasteiger partial charge in [0.15, 0.2) is 0 Å². The van der Waals surface area contributed by atoms with Crippen LogP contribution < -0.4 is 0 Å². The zero-order valence-corrected chi connectivity index (χ0v) is 7.79. The van der Waals surface area contributed by atoms with E-state index in [-0.39, 0.29) is 0 Å². The Bertz CT molecular complexity index is 332. The summed E-state index contributed by atoms with van der Waals surface area (Å²) in [5.74, 6) is -0.888. The first-order valence-corrected chi connectivity index (χ1v) is 4.03. The Kier molecular flexibility index (Phi) is 2.52. The average Bonchev–Trinajstić information content (AvgIpc) is 2.03. The standard InChI is InChI=1S/C11H12O2/c1-7(2)9-5-4-6-10(8(9)3)11(12)13/h4-6H,1H2,2-3H3,(H,12,13). The predicted molar refractivity (Wildman–Crippen MR) is 52.8 cm³/mol. The SMILES string of the molecule is C=C(C)c1cccc(C(=O)O)c1C. The van der Waals surface area contributed by atoms with Crippen molar-refractivity contribution in [2.75, 3.05) is 0 Å². The van der Waals surface area contributed by atoms with Crippen LogP contribution in [0.3, 0.4) is 0 Å². The summed E-state index contributed by atoms with van der Waals surface area (Å²) >= 11 is 0. The monoisotopic (exact) mass is 176 g/mol. The maximum absolute atomic E-state index is 10.8. The van der Waals surface area contributed by atoms with Gasteiger partial charge in [-0.3, -0.25) is 0 Å². The quantitative estimate of drug-likeness (QED) is 0.752. The van der Waals surface area contributed by atoms with Crippen molar-refractivity contribution in [2.45, 2.75) is 13.8 Å². The van der Waals surface area contributed by atoms with E-state index in [9.17, 15) is 4.79 Å². The summed E-state index contributed by atoms with van der Waals surface area (Å²) in [7, 11) is 0. The second-order valence-electron chi connectivity index (χ2n) is 3.06. The zero-order chi connectivity index (χ0) is 10.0. The molecule has 1 rings (SSSR count). The van der Waals surface area contributed by atoms with Crippen LogP contribution in [0, 0.1) is 6.92 Å².